The molecule has 1 aromatic heterocycles. The first kappa shape index (κ1) is 15.4. The van der Waals surface area contributed by atoms with E-state index in [-0.39, 0.29) is 17.8 Å². The zero-order valence-electron chi connectivity index (χ0n) is 11.0. The number of nitrogens with two attached hydrogens (primary N) is 1. The predicted molar refractivity (Wildman–Crippen MR) is 86.0 cm³/mol. The van der Waals surface area contributed by atoms with Crippen molar-refractivity contribution in [3.05, 3.63) is 59.8 Å². The average molecular weight is 401 g/mol. The van der Waals surface area contributed by atoms with E-state index in [1.165, 1.54) is 29.0 Å². The molecule has 0 aliphatic carbocycles. The molecule has 2 aromatic rings. The van der Waals surface area contributed by atoms with E-state index in [9.17, 15) is 14.9 Å². The molecule has 0 atom stereocenters. The monoisotopic (exact) mass is 401 g/mol. The number of rotatable bonds is 4. The van der Waals surface area contributed by atoms with Gasteiger partial charge >= 0.3 is 0 Å². The van der Waals surface area contributed by atoms with Crippen LogP contribution in [0.4, 0.5) is 11.4 Å². The van der Waals surface area contributed by atoms with E-state index >= 15 is 0 Å². The third kappa shape index (κ3) is 3.19. The highest BCUT2D eigenvalue weighted by molar-refractivity contribution is 14.1. The third-order valence-electron chi connectivity index (χ3n) is 2.99. The highest BCUT2D eigenvalue weighted by Gasteiger charge is 2.13. The Labute approximate surface area is 133 Å². The van der Waals surface area contributed by atoms with Crippen molar-refractivity contribution in [3.8, 4) is 0 Å². The Morgan fingerprint density at radius 2 is 2.24 bits per heavy atom. The smallest absolute Gasteiger partial charge is 0.269 e. The second-order valence-corrected chi connectivity index (χ2v) is 5.45. The minimum atomic E-state index is -0.494. The molecular weight excluding hydrogens is 389 g/mol. The second kappa shape index (κ2) is 6.18. The van der Waals surface area contributed by atoms with Crippen molar-refractivity contribution in [1.82, 2.24) is 9.55 Å². The lowest BCUT2D eigenvalue weighted by Gasteiger charge is -2.12. The van der Waals surface area contributed by atoms with Crippen LogP contribution in [-0.4, -0.2) is 14.5 Å². The number of aromatic nitrogens is 2. The summed E-state index contributed by atoms with van der Waals surface area (Å²) in [5.41, 5.74) is 3.28. The fourth-order valence-corrected chi connectivity index (χ4v) is 2.30. The molecule has 0 saturated carbocycles. The van der Waals surface area contributed by atoms with Gasteiger partial charge in [0.25, 0.3) is 11.2 Å². The maximum atomic E-state index is 12.1. The Balaban J connectivity index is 2.53. The van der Waals surface area contributed by atoms with Gasteiger partial charge in [-0.1, -0.05) is 0 Å². The highest BCUT2D eigenvalue weighted by Crippen LogP contribution is 2.22. The molecule has 110 valence electrons. The van der Waals surface area contributed by atoms with Crippen LogP contribution in [0.5, 0.6) is 0 Å². The number of anilines is 1. The molecule has 0 fully saturated rings. The zero-order valence-corrected chi connectivity index (χ0v) is 13.2. The Morgan fingerprint density at radius 1 is 1.52 bits per heavy atom. The normalized spacial score (nSPS) is 10.4. The van der Waals surface area contributed by atoms with Crippen LogP contribution < -0.4 is 16.8 Å². The Kier molecular flexibility index (Phi) is 4.53. The number of nitrogen functional groups attached to an aromatic ring is 1. The standard InChI is InChI=1S/C12H12IN5O3/c1-7-15-5-10(13)12(19)17(7)6-8-4-9(18(20)21)2-3-11(8)16-14/h2-5,16H,6,14H2,1H3. The third-order valence-corrected chi connectivity index (χ3v) is 3.73. The molecule has 0 unspecified atom stereocenters. The van der Waals surface area contributed by atoms with Gasteiger partial charge in [0.2, 0.25) is 0 Å². The Hall–Kier alpha value is -2.01. The van der Waals surface area contributed by atoms with Crippen molar-refractivity contribution in [2.45, 2.75) is 13.5 Å². The van der Waals surface area contributed by atoms with Crippen LogP contribution >= 0.6 is 22.6 Å². The molecule has 1 heterocycles. The molecule has 21 heavy (non-hydrogen) atoms. The zero-order chi connectivity index (χ0) is 15.6. The van der Waals surface area contributed by atoms with Gasteiger partial charge in [-0.15, -0.1) is 0 Å². The van der Waals surface area contributed by atoms with Gasteiger partial charge in [0.05, 0.1) is 20.7 Å². The first-order valence-electron chi connectivity index (χ1n) is 5.90. The highest BCUT2D eigenvalue weighted by atomic mass is 127. The average Bonchev–Trinajstić information content (AvgIpc) is 2.47. The van der Waals surface area contributed by atoms with E-state index in [4.69, 9.17) is 5.84 Å². The predicted octanol–water partition coefficient (Wildman–Crippen LogP) is 1.40. The van der Waals surface area contributed by atoms with Crippen LogP contribution in [0.3, 0.4) is 0 Å². The largest absolute Gasteiger partial charge is 0.324 e. The number of aryl methyl sites for hydroxylation is 1. The molecule has 0 spiro atoms. The van der Waals surface area contributed by atoms with Gasteiger partial charge in [-0.25, -0.2) is 4.98 Å². The summed E-state index contributed by atoms with van der Waals surface area (Å²) in [6.07, 6.45) is 1.49. The number of benzene rings is 1. The van der Waals surface area contributed by atoms with Gasteiger partial charge in [-0.3, -0.25) is 25.3 Å². The maximum Gasteiger partial charge on any atom is 0.269 e. The minimum absolute atomic E-state index is 0.0618. The Morgan fingerprint density at radius 3 is 2.86 bits per heavy atom. The van der Waals surface area contributed by atoms with E-state index in [2.05, 4.69) is 10.4 Å². The lowest BCUT2D eigenvalue weighted by atomic mass is 10.1. The first-order valence-corrected chi connectivity index (χ1v) is 6.97. The summed E-state index contributed by atoms with van der Waals surface area (Å²) >= 11 is 1.90. The summed E-state index contributed by atoms with van der Waals surface area (Å²) in [6.45, 7) is 1.85. The van der Waals surface area contributed by atoms with Crippen LogP contribution in [-0.2, 0) is 6.54 Å². The van der Waals surface area contributed by atoms with Crippen LogP contribution in [0, 0.1) is 20.6 Å². The number of hydrazine groups is 1. The van der Waals surface area contributed by atoms with Crippen LogP contribution in [0.15, 0.2) is 29.2 Å². The number of nitro groups is 1. The molecule has 0 aliphatic heterocycles. The van der Waals surface area contributed by atoms with Crippen LogP contribution in [0.1, 0.15) is 11.4 Å². The number of hydrogen-bond acceptors (Lipinski definition) is 6. The lowest BCUT2D eigenvalue weighted by molar-refractivity contribution is -0.384. The van der Waals surface area contributed by atoms with Gasteiger partial charge in [-0.2, -0.15) is 0 Å². The SMILES string of the molecule is Cc1ncc(I)c(=O)n1Cc1cc([N+](=O)[O-])ccc1NN. The van der Waals surface area contributed by atoms with Crippen LogP contribution in [0.2, 0.25) is 0 Å². The van der Waals surface area contributed by atoms with Gasteiger partial charge in [0, 0.05) is 23.9 Å². The van der Waals surface area contributed by atoms with E-state index in [0.717, 1.165) is 0 Å². The van der Waals surface area contributed by atoms with Gasteiger partial charge in [0.15, 0.2) is 0 Å². The maximum absolute atomic E-state index is 12.1. The fourth-order valence-electron chi connectivity index (χ4n) is 1.87. The summed E-state index contributed by atoms with van der Waals surface area (Å²) in [7, 11) is 0. The van der Waals surface area contributed by atoms with Crippen LogP contribution in [0.25, 0.3) is 0 Å². The van der Waals surface area contributed by atoms with Gasteiger partial charge < -0.3 is 5.43 Å². The van der Waals surface area contributed by atoms with Crippen molar-refractivity contribution >= 4 is 34.0 Å². The summed E-state index contributed by atoms with van der Waals surface area (Å²) in [5.74, 6) is 5.94. The molecular formula is C12H12IN5O3. The first-order chi connectivity index (χ1) is 9.93. The van der Waals surface area contributed by atoms with E-state index in [1.54, 1.807) is 6.92 Å². The molecule has 0 bridgehead atoms. The van der Waals surface area contributed by atoms with Gasteiger partial charge in [0.1, 0.15) is 5.82 Å². The second-order valence-electron chi connectivity index (χ2n) is 4.29. The number of hydrogen-bond donors (Lipinski definition) is 2. The van der Waals surface area contributed by atoms with E-state index in [0.29, 0.717) is 20.6 Å². The van der Waals surface area contributed by atoms with Crippen molar-refractivity contribution in [2.24, 2.45) is 5.84 Å². The van der Waals surface area contributed by atoms with Crippen molar-refractivity contribution < 1.29 is 4.92 Å². The van der Waals surface area contributed by atoms with Crippen molar-refractivity contribution in [2.75, 3.05) is 5.43 Å². The van der Waals surface area contributed by atoms with E-state index in [1.807, 2.05) is 22.6 Å². The number of non-ortho nitro benzene ring substituents is 1. The van der Waals surface area contributed by atoms with Crippen molar-refractivity contribution in [3.63, 3.8) is 0 Å². The van der Waals surface area contributed by atoms with E-state index < -0.39 is 4.92 Å². The van der Waals surface area contributed by atoms with Gasteiger partial charge in [-0.05, 0) is 35.6 Å². The molecule has 1 aromatic carbocycles. The van der Waals surface area contributed by atoms with Crippen molar-refractivity contribution in [1.29, 1.82) is 0 Å². The number of nitrogens with zero attached hydrogens (tertiary/aromatic N) is 3. The molecule has 9 heteroatoms. The molecule has 3 N–H and O–H groups in total. The summed E-state index contributed by atoms with van der Waals surface area (Å²) < 4.78 is 1.92. The molecule has 0 aliphatic rings. The molecule has 0 amide bonds. The summed E-state index contributed by atoms with van der Waals surface area (Å²) in [5, 5.41) is 10.9. The topological polar surface area (TPSA) is 116 Å². The number of nitrogens with one attached hydrogen (secondary N) is 1. The summed E-state index contributed by atoms with van der Waals surface area (Å²) in [4.78, 5) is 26.6. The fraction of sp³-hybridized carbons (Fsp3) is 0.167. The molecule has 2 rings (SSSR count). The molecule has 0 saturated heterocycles. The Bertz CT molecular complexity index is 759. The lowest BCUT2D eigenvalue weighted by Crippen LogP contribution is -2.26. The minimum Gasteiger partial charge on any atom is -0.324 e. The molecule has 0 radical (unpaired) electrons. The number of nitro benzene ring substituents is 1. The molecule has 8 nitrogen and oxygen atoms in total. The summed E-state index contributed by atoms with van der Waals surface area (Å²) in [6, 6.07) is 4.25. The quantitative estimate of drug-likeness (QED) is 0.346. The number of halogens is 1.